The van der Waals surface area contributed by atoms with Crippen molar-refractivity contribution in [1.29, 1.82) is 0 Å². The number of rotatable bonds is 42. The summed E-state index contributed by atoms with van der Waals surface area (Å²) in [5, 5.41) is 8.80. The lowest BCUT2D eigenvalue weighted by molar-refractivity contribution is 0.125. The van der Waals surface area contributed by atoms with E-state index in [4.69, 9.17) is 9.84 Å². The van der Waals surface area contributed by atoms with E-state index < -0.39 is 0 Å². The molecule has 0 aliphatic rings. The topological polar surface area (TPSA) is 29.5 Å². The summed E-state index contributed by atoms with van der Waals surface area (Å²) in [6.07, 6.45) is 55.1. The minimum atomic E-state index is 0.371. The van der Waals surface area contributed by atoms with Gasteiger partial charge in [0.2, 0.25) is 0 Å². The van der Waals surface area contributed by atoms with E-state index in [1.807, 2.05) is 0 Å². The second-order valence-corrected chi connectivity index (χ2v) is 14.8. The summed E-state index contributed by atoms with van der Waals surface area (Å²) >= 11 is 0. The number of hydrogen-bond donors (Lipinski definition) is 1. The van der Waals surface area contributed by atoms with Crippen LogP contribution in [0.3, 0.4) is 0 Å². The fourth-order valence-electron chi connectivity index (χ4n) is 6.88. The van der Waals surface area contributed by atoms with Crippen LogP contribution in [-0.4, -0.2) is 24.9 Å². The highest BCUT2D eigenvalue weighted by Crippen LogP contribution is 2.16. The van der Waals surface area contributed by atoms with Crippen LogP contribution < -0.4 is 0 Å². The zero-order valence-electron chi connectivity index (χ0n) is 31.6. The van der Waals surface area contributed by atoms with E-state index in [1.165, 1.54) is 244 Å². The molecule has 0 unspecified atom stereocenters. The molecule has 0 atom stereocenters. The van der Waals surface area contributed by atoms with Gasteiger partial charge in [-0.1, -0.05) is 238 Å². The summed E-state index contributed by atoms with van der Waals surface area (Å²) in [7, 11) is 0. The molecule has 0 amide bonds. The van der Waals surface area contributed by atoms with Crippen LogP contribution >= 0.6 is 0 Å². The number of unbranched alkanes of at least 4 members (excludes halogenated alkanes) is 37. The van der Waals surface area contributed by atoms with E-state index in [9.17, 15) is 0 Å². The first-order valence-electron chi connectivity index (χ1n) is 21.6. The number of hydrogen-bond acceptors (Lipinski definition) is 2. The molecule has 0 aromatic carbocycles. The van der Waals surface area contributed by atoms with Gasteiger partial charge in [-0.05, 0) is 19.3 Å². The Hall–Kier alpha value is -0.0800. The maximum Gasteiger partial charge on any atom is 0.0466 e. The second-order valence-electron chi connectivity index (χ2n) is 14.8. The van der Waals surface area contributed by atoms with Crippen molar-refractivity contribution < 1.29 is 9.84 Å². The van der Waals surface area contributed by atoms with Crippen LogP contribution in [0.1, 0.15) is 257 Å². The Balaban J connectivity index is 3.03. The van der Waals surface area contributed by atoms with Crippen LogP contribution in [0.5, 0.6) is 0 Å². The van der Waals surface area contributed by atoms with Gasteiger partial charge in [0.05, 0.1) is 0 Å². The Labute approximate surface area is 286 Å². The molecule has 0 saturated heterocycles. The quantitative estimate of drug-likeness (QED) is 0.0675. The maximum atomic E-state index is 8.80. The minimum Gasteiger partial charge on any atom is -0.396 e. The fourth-order valence-corrected chi connectivity index (χ4v) is 6.88. The third-order valence-corrected chi connectivity index (χ3v) is 10.1. The first-order valence-corrected chi connectivity index (χ1v) is 21.6. The van der Waals surface area contributed by atoms with Crippen molar-refractivity contribution in [3.05, 3.63) is 0 Å². The van der Waals surface area contributed by atoms with E-state index >= 15 is 0 Å². The van der Waals surface area contributed by atoms with Gasteiger partial charge in [0.15, 0.2) is 0 Å². The normalized spacial score (nSPS) is 11.6. The molecule has 0 fully saturated rings. The first kappa shape index (κ1) is 44.9. The largest absolute Gasteiger partial charge is 0.396 e. The number of aliphatic hydroxyl groups is 1. The van der Waals surface area contributed by atoms with Gasteiger partial charge in [0.1, 0.15) is 0 Å². The molecule has 0 spiro atoms. The molecule has 0 aromatic heterocycles. The predicted octanol–water partition coefficient (Wildman–Crippen LogP) is 15.2. The third kappa shape index (κ3) is 43.9. The molecular weight excluding hydrogens is 548 g/mol. The van der Waals surface area contributed by atoms with E-state index in [0.29, 0.717) is 6.61 Å². The van der Waals surface area contributed by atoms with Crippen LogP contribution in [-0.2, 0) is 4.74 Å². The van der Waals surface area contributed by atoms with Gasteiger partial charge in [-0.3, -0.25) is 0 Å². The van der Waals surface area contributed by atoms with Gasteiger partial charge < -0.3 is 9.84 Å². The summed E-state index contributed by atoms with van der Waals surface area (Å²) in [6.45, 7) is 4.66. The molecule has 272 valence electrons. The lowest BCUT2D eigenvalue weighted by atomic mass is 10.0. The smallest absolute Gasteiger partial charge is 0.0466 e. The molecule has 0 aliphatic carbocycles. The molecule has 0 heterocycles. The molecule has 2 nitrogen and oxygen atoms in total. The highest BCUT2D eigenvalue weighted by molar-refractivity contribution is 4.53. The standard InChI is InChI=1S/C43H88O2/c1-2-3-4-5-6-7-8-9-10-11-18-21-24-27-30-33-36-39-42-45-43-40-37-34-31-28-25-22-19-16-14-12-13-15-17-20-23-26-29-32-35-38-41-44/h44H,2-43H2,1H3. The summed E-state index contributed by atoms with van der Waals surface area (Å²) in [5.41, 5.74) is 0. The molecule has 0 saturated carbocycles. The predicted molar refractivity (Wildman–Crippen MR) is 204 cm³/mol. The van der Waals surface area contributed by atoms with Crippen molar-refractivity contribution in [2.24, 2.45) is 0 Å². The van der Waals surface area contributed by atoms with Crippen molar-refractivity contribution in [1.82, 2.24) is 0 Å². The van der Waals surface area contributed by atoms with Crippen molar-refractivity contribution in [2.45, 2.75) is 257 Å². The SMILES string of the molecule is CCCCCCCCCCCCCCCCCCCCOCCCCCCCCCCCCCCCCCCCCCCCO. The molecule has 1 N–H and O–H groups in total. The summed E-state index contributed by atoms with van der Waals surface area (Å²) in [4.78, 5) is 0. The number of aliphatic hydroxyl groups excluding tert-OH is 1. The fraction of sp³-hybridized carbons (Fsp3) is 1.00. The molecule has 0 bridgehead atoms. The maximum absolute atomic E-state index is 8.80. The van der Waals surface area contributed by atoms with Crippen molar-refractivity contribution >= 4 is 0 Å². The molecule has 2 heteroatoms. The van der Waals surface area contributed by atoms with E-state index in [0.717, 1.165) is 19.6 Å². The van der Waals surface area contributed by atoms with Crippen LogP contribution in [0.4, 0.5) is 0 Å². The highest BCUT2D eigenvalue weighted by Gasteiger charge is 1.98. The lowest BCUT2D eigenvalue weighted by Gasteiger charge is -2.06. The van der Waals surface area contributed by atoms with Gasteiger partial charge in [-0.15, -0.1) is 0 Å². The number of ether oxygens (including phenoxy) is 1. The Morgan fingerprint density at radius 3 is 0.622 bits per heavy atom. The summed E-state index contributed by atoms with van der Waals surface area (Å²) in [5.74, 6) is 0. The van der Waals surface area contributed by atoms with E-state index in [2.05, 4.69) is 6.92 Å². The van der Waals surface area contributed by atoms with Crippen LogP contribution in [0.2, 0.25) is 0 Å². The highest BCUT2D eigenvalue weighted by atomic mass is 16.5. The van der Waals surface area contributed by atoms with Crippen LogP contribution in [0.25, 0.3) is 0 Å². The Bertz CT molecular complexity index is 436. The molecule has 0 aliphatic heterocycles. The Morgan fingerprint density at radius 1 is 0.244 bits per heavy atom. The van der Waals surface area contributed by atoms with Gasteiger partial charge in [-0.2, -0.15) is 0 Å². The Morgan fingerprint density at radius 2 is 0.422 bits per heavy atom. The van der Waals surface area contributed by atoms with Gasteiger partial charge in [0, 0.05) is 19.8 Å². The molecule has 0 radical (unpaired) electrons. The lowest BCUT2D eigenvalue weighted by Crippen LogP contribution is -1.97. The van der Waals surface area contributed by atoms with Crippen molar-refractivity contribution in [3.8, 4) is 0 Å². The van der Waals surface area contributed by atoms with Gasteiger partial charge in [0.25, 0.3) is 0 Å². The van der Waals surface area contributed by atoms with Crippen LogP contribution in [0.15, 0.2) is 0 Å². The Kier molecular flexibility index (Phi) is 43.8. The van der Waals surface area contributed by atoms with Crippen molar-refractivity contribution in [3.63, 3.8) is 0 Å². The zero-order chi connectivity index (χ0) is 32.4. The molecular formula is C43H88O2. The van der Waals surface area contributed by atoms with Crippen molar-refractivity contribution in [2.75, 3.05) is 19.8 Å². The summed E-state index contributed by atoms with van der Waals surface area (Å²) in [6, 6.07) is 0. The van der Waals surface area contributed by atoms with Crippen LogP contribution in [0, 0.1) is 0 Å². The molecule has 0 rings (SSSR count). The second kappa shape index (κ2) is 43.9. The average Bonchev–Trinajstić information content (AvgIpc) is 3.05. The minimum absolute atomic E-state index is 0.371. The van der Waals surface area contributed by atoms with E-state index in [-0.39, 0.29) is 0 Å². The third-order valence-electron chi connectivity index (χ3n) is 10.1. The molecule has 0 aromatic rings. The van der Waals surface area contributed by atoms with Gasteiger partial charge in [-0.25, -0.2) is 0 Å². The first-order chi connectivity index (χ1) is 22.4. The van der Waals surface area contributed by atoms with E-state index in [1.54, 1.807) is 0 Å². The molecule has 45 heavy (non-hydrogen) atoms. The average molecular weight is 637 g/mol. The summed E-state index contributed by atoms with van der Waals surface area (Å²) < 4.78 is 5.90. The monoisotopic (exact) mass is 637 g/mol. The zero-order valence-corrected chi connectivity index (χ0v) is 31.6. The van der Waals surface area contributed by atoms with Gasteiger partial charge >= 0.3 is 0 Å².